The molecule has 1 fully saturated rings. The van der Waals surface area contributed by atoms with Crippen LogP contribution in [0.25, 0.3) is 0 Å². The largest absolute Gasteiger partial charge is 0.352 e. The highest BCUT2D eigenvalue weighted by Gasteiger charge is 2.24. The van der Waals surface area contributed by atoms with E-state index in [1.54, 1.807) is 0 Å². The number of rotatable bonds is 7. The molecule has 1 aromatic heterocycles. The maximum absolute atomic E-state index is 5.98. The highest BCUT2D eigenvalue weighted by atomic mass is 35.5. The standard InChI is InChI=1S/C13H22ClN5/c1-4-19(5-2)13-17-11(14)16-12(18-13)15-9(3)8-10-6-7-10/h9-10H,4-8H2,1-3H3,(H,15,16,17,18). The Bertz CT molecular complexity index is 417. The molecule has 1 aliphatic rings. The van der Waals surface area contributed by atoms with Gasteiger partial charge in [-0.15, -0.1) is 0 Å². The number of anilines is 2. The van der Waals surface area contributed by atoms with Gasteiger partial charge in [0.15, 0.2) is 0 Å². The van der Waals surface area contributed by atoms with Crippen molar-refractivity contribution in [2.24, 2.45) is 5.92 Å². The molecule has 1 heterocycles. The molecule has 1 aliphatic carbocycles. The van der Waals surface area contributed by atoms with Gasteiger partial charge in [-0.05, 0) is 44.7 Å². The van der Waals surface area contributed by atoms with Crippen LogP contribution in [0.2, 0.25) is 5.28 Å². The lowest BCUT2D eigenvalue weighted by molar-refractivity contribution is 0.636. The van der Waals surface area contributed by atoms with Crippen LogP contribution < -0.4 is 10.2 Å². The van der Waals surface area contributed by atoms with Gasteiger partial charge >= 0.3 is 0 Å². The quantitative estimate of drug-likeness (QED) is 0.834. The van der Waals surface area contributed by atoms with Crippen LogP contribution in [0.5, 0.6) is 0 Å². The molecule has 1 atom stereocenters. The van der Waals surface area contributed by atoms with Crippen LogP contribution in [-0.2, 0) is 0 Å². The SMILES string of the molecule is CCN(CC)c1nc(Cl)nc(NC(C)CC2CC2)n1. The summed E-state index contributed by atoms with van der Waals surface area (Å²) in [6.45, 7) is 8.02. The van der Waals surface area contributed by atoms with Crippen molar-refractivity contribution in [3.05, 3.63) is 5.28 Å². The normalized spacial score (nSPS) is 16.2. The fourth-order valence-corrected chi connectivity index (χ4v) is 2.34. The highest BCUT2D eigenvalue weighted by Crippen LogP contribution is 2.33. The first-order valence-corrected chi connectivity index (χ1v) is 7.43. The Balaban J connectivity index is 2.06. The van der Waals surface area contributed by atoms with Crippen LogP contribution in [0.15, 0.2) is 0 Å². The van der Waals surface area contributed by atoms with Crippen molar-refractivity contribution in [1.82, 2.24) is 15.0 Å². The first-order chi connectivity index (χ1) is 9.12. The van der Waals surface area contributed by atoms with Crippen molar-refractivity contribution in [3.63, 3.8) is 0 Å². The Kier molecular flexibility index (Phi) is 4.80. The second-order valence-electron chi connectivity index (χ2n) is 5.12. The Morgan fingerprint density at radius 1 is 1.26 bits per heavy atom. The minimum atomic E-state index is 0.248. The van der Waals surface area contributed by atoms with Crippen molar-refractivity contribution in [2.45, 2.75) is 46.1 Å². The fourth-order valence-electron chi connectivity index (χ4n) is 2.18. The molecule has 106 valence electrons. The molecule has 0 bridgehead atoms. The van der Waals surface area contributed by atoms with Gasteiger partial charge in [0, 0.05) is 19.1 Å². The third kappa shape index (κ3) is 4.20. The van der Waals surface area contributed by atoms with Gasteiger partial charge in [0.1, 0.15) is 0 Å². The number of nitrogens with one attached hydrogen (secondary N) is 1. The molecule has 6 heteroatoms. The van der Waals surface area contributed by atoms with Crippen molar-refractivity contribution in [2.75, 3.05) is 23.3 Å². The predicted molar refractivity (Wildman–Crippen MR) is 78.8 cm³/mol. The smallest absolute Gasteiger partial charge is 0.231 e. The van der Waals surface area contributed by atoms with Gasteiger partial charge in [-0.2, -0.15) is 15.0 Å². The zero-order valence-electron chi connectivity index (χ0n) is 11.9. The summed E-state index contributed by atoms with van der Waals surface area (Å²) in [5, 5.41) is 3.57. The number of hydrogen-bond donors (Lipinski definition) is 1. The molecule has 19 heavy (non-hydrogen) atoms. The summed E-state index contributed by atoms with van der Waals surface area (Å²) in [6.07, 6.45) is 3.88. The van der Waals surface area contributed by atoms with Gasteiger partial charge in [0.05, 0.1) is 0 Å². The first kappa shape index (κ1) is 14.3. The molecule has 1 N–H and O–H groups in total. The Labute approximate surface area is 119 Å². The maximum Gasteiger partial charge on any atom is 0.231 e. The van der Waals surface area contributed by atoms with Gasteiger partial charge in [-0.3, -0.25) is 0 Å². The molecule has 1 unspecified atom stereocenters. The molecule has 1 saturated carbocycles. The van der Waals surface area contributed by atoms with E-state index < -0.39 is 0 Å². The van der Waals surface area contributed by atoms with E-state index in [0.717, 1.165) is 19.0 Å². The summed E-state index contributed by atoms with van der Waals surface area (Å²) < 4.78 is 0. The lowest BCUT2D eigenvalue weighted by Gasteiger charge is -2.20. The topological polar surface area (TPSA) is 53.9 Å². The Morgan fingerprint density at radius 2 is 1.95 bits per heavy atom. The summed E-state index contributed by atoms with van der Waals surface area (Å²) in [7, 11) is 0. The Morgan fingerprint density at radius 3 is 2.53 bits per heavy atom. The van der Waals surface area contributed by atoms with Crippen LogP contribution in [0.3, 0.4) is 0 Å². The van der Waals surface area contributed by atoms with E-state index in [-0.39, 0.29) is 5.28 Å². The summed E-state index contributed by atoms with van der Waals surface area (Å²) in [4.78, 5) is 14.9. The van der Waals surface area contributed by atoms with E-state index >= 15 is 0 Å². The maximum atomic E-state index is 5.98. The lowest BCUT2D eigenvalue weighted by atomic mass is 10.2. The van der Waals surface area contributed by atoms with Crippen molar-refractivity contribution in [3.8, 4) is 0 Å². The van der Waals surface area contributed by atoms with Crippen LogP contribution in [-0.4, -0.2) is 34.1 Å². The monoisotopic (exact) mass is 283 g/mol. The molecule has 0 aromatic carbocycles. The van der Waals surface area contributed by atoms with E-state index in [2.05, 4.69) is 45.9 Å². The summed E-state index contributed by atoms with van der Waals surface area (Å²) in [5.74, 6) is 2.10. The number of halogens is 1. The van der Waals surface area contributed by atoms with Crippen LogP contribution in [0.4, 0.5) is 11.9 Å². The molecule has 0 saturated heterocycles. The molecule has 1 aromatic rings. The molecule has 0 spiro atoms. The third-order valence-corrected chi connectivity index (χ3v) is 3.57. The van der Waals surface area contributed by atoms with Crippen LogP contribution >= 0.6 is 11.6 Å². The van der Waals surface area contributed by atoms with Crippen LogP contribution in [0.1, 0.15) is 40.0 Å². The van der Waals surface area contributed by atoms with Crippen molar-refractivity contribution < 1.29 is 0 Å². The van der Waals surface area contributed by atoms with Crippen LogP contribution in [0, 0.1) is 5.92 Å². The van der Waals surface area contributed by atoms with Gasteiger partial charge in [0.2, 0.25) is 17.2 Å². The lowest BCUT2D eigenvalue weighted by Crippen LogP contribution is -2.26. The molecular formula is C13H22ClN5. The average molecular weight is 284 g/mol. The van der Waals surface area contributed by atoms with Gasteiger partial charge in [-0.1, -0.05) is 12.8 Å². The number of hydrogen-bond acceptors (Lipinski definition) is 5. The summed E-state index contributed by atoms with van der Waals surface area (Å²) in [5.41, 5.74) is 0. The van der Waals surface area contributed by atoms with E-state index in [1.165, 1.54) is 19.3 Å². The second-order valence-corrected chi connectivity index (χ2v) is 5.46. The van der Waals surface area contributed by atoms with E-state index in [1.807, 2.05) is 0 Å². The zero-order valence-corrected chi connectivity index (χ0v) is 12.6. The number of nitrogens with zero attached hydrogens (tertiary/aromatic N) is 4. The molecule has 0 amide bonds. The highest BCUT2D eigenvalue weighted by molar-refractivity contribution is 6.28. The van der Waals surface area contributed by atoms with E-state index in [4.69, 9.17) is 11.6 Å². The van der Waals surface area contributed by atoms with Gasteiger partial charge in [-0.25, -0.2) is 0 Å². The minimum absolute atomic E-state index is 0.248. The molecule has 5 nitrogen and oxygen atoms in total. The predicted octanol–water partition coefficient (Wildman–Crippen LogP) is 2.97. The number of aromatic nitrogens is 3. The molecule has 0 aliphatic heterocycles. The average Bonchev–Trinajstić information content (AvgIpc) is 3.13. The van der Waals surface area contributed by atoms with Gasteiger partial charge < -0.3 is 10.2 Å². The van der Waals surface area contributed by atoms with Crippen molar-refractivity contribution >= 4 is 23.5 Å². The van der Waals surface area contributed by atoms with Crippen molar-refractivity contribution in [1.29, 1.82) is 0 Å². The third-order valence-electron chi connectivity index (χ3n) is 3.40. The van der Waals surface area contributed by atoms with E-state index in [9.17, 15) is 0 Å². The summed E-state index contributed by atoms with van der Waals surface area (Å²) >= 11 is 5.98. The molecule has 0 radical (unpaired) electrons. The van der Waals surface area contributed by atoms with E-state index in [0.29, 0.717) is 17.9 Å². The molecular weight excluding hydrogens is 262 g/mol. The fraction of sp³-hybridized carbons (Fsp3) is 0.769. The van der Waals surface area contributed by atoms with Gasteiger partial charge in [0.25, 0.3) is 0 Å². The Hall–Kier alpha value is -1.10. The minimum Gasteiger partial charge on any atom is -0.352 e. The second kappa shape index (κ2) is 6.37. The zero-order chi connectivity index (χ0) is 13.8. The first-order valence-electron chi connectivity index (χ1n) is 7.05. The summed E-state index contributed by atoms with van der Waals surface area (Å²) in [6, 6.07) is 0.371. The molecule has 2 rings (SSSR count).